The molecule has 0 fully saturated rings. The van der Waals surface area contributed by atoms with Crippen molar-refractivity contribution in [3.63, 3.8) is 0 Å². The van der Waals surface area contributed by atoms with Crippen LogP contribution >= 0.6 is 23.1 Å². The zero-order chi connectivity index (χ0) is 16.2. The molecule has 5 nitrogen and oxygen atoms in total. The van der Waals surface area contributed by atoms with Crippen LogP contribution in [0, 0.1) is 6.92 Å². The molecule has 2 aromatic heterocycles. The molecule has 3 rings (SSSR count). The maximum atomic E-state index is 12.3. The van der Waals surface area contributed by atoms with Crippen molar-refractivity contribution in [3.8, 4) is 0 Å². The Morgan fingerprint density at radius 2 is 2.26 bits per heavy atom. The van der Waals surface area contributed by atoms with Gasteiger partial charge >= 0.3 is 0 Å². The highest BCUT2D eigenvalue weighted by molar-refractivity contribution is 7.98. The Morgan fingerprint density at radius 1 is 1.39 bits per heavy atom. The number of amides is 1. The number of hydrogen-bond acceptors (Lipinski definition) is 5. The Balaban J connectivity index is 1.67. The number of hydrogen-bond donors (Lipinski definition) is 1. The van der Waals surface area contributed by atoms with Crippen LogP contribution in [0.3, 0.4) is 0 Å². The van der Waals surface area contributed by atoms with Crippen molar-refractivity contribution in [2.45, 2.75) is 17.8 Å². The highest BCUT2D eigenvalue weighted by atomic mass is 32.2. The van der Waals surface area contributed by atoms with Gasteiger partial charge in [-0.15, -0.1) is 11.3 Å². The second-order valence-electron chi connectivity index (χ2n) is 5.04. The molecule has 0 unspecified atom stereocenters. The van der Waals surface area contributed by atoms with Gasteiger partial charge in [-0.05, 0) is 24.6 Å². The Bertz CT molecular complexity index is 825. The second-order valence-corrected chi connectivity index (χ2v) is 7.22. The molecule has 0 aliphatic heterocycles. The highest BCUT2D eigenvalue weighted by Crippen LogP contribution is 2.22. The van der Waals surface area contributed by atoms with Crippen molar-refractivity contribution in [1.82, 2.24) is 14.5 Å². The lowest BCUT2D eigenvalue weighted by molar-refractivity contribution is 0.102. The summed E-state index contributed by atoms with van der Waals surface area (Å²) in [5.74, 6) is 0.630. The predicted octanol–water partition coefficient (Wildman–Crippen LogP) is 3.73. The van der Waals surface area contributed by atoms with Crippen LogP contribution in [0.5, 0.6) is 0 Å². The molecular formula is C16H16N4OS2. The van der Waals surface area contributed by atoms with Gasteiger partial charge in [-0.3, -0.25) is 10.1 Å². The zero-order valence-electron chi connectivity index (χ0n) is 12.8. The van der Waals surface area contributed by atoms with Gasteiger partial charge in [0, 0.05) is 41.8 Å². The smallest absolute Gasteiger partial charge is 0.257 e. The van der Waals surface area contributed by atoms with E-state index in [1.165, 1.54) is 11.3 Å². The fraction of sp³-hybridized carbons (Fsp3) is 0.188. The summed E-state index contributed by atoms with van der Waals surface area (Å²) in [5.41, 5.74) is 1.72. The minimum Gasteiger partial charge on any atom is -0.329 e. The molecular weight excluding hydrogens is 328 g/mol. The molecule has 2 heterocycles. The number of imidazole rings is 1. The van der Waals surface area contributed by atoms with Gasteiger partial charge in [-0.25, -0.2) is 9.97 Å². The number of rotatable bonds is 5. The third-order valence-electron chi connectivity index (χ3n) is 3.18. The van der Waals surface area contributed by atoms with Gasteiger partial charge in [0.2, 0.25) is 0 Å². The number of nitrogens with one attached hydrogen (secondary N) is 1. The van der Waals surface area contributed by atoms with Crippen LogP contribution in [-0.4, -0.2) is 20.4 Å². The SMILES string of the molecule is Cc1cnc(NC(=O)c2cccc(CSc3nccn3C)c2)s1. The van der Waals surface area contributed by atoms with E-state index in [-0.39, 0.29) is 5.91 Å². The number of nitrogens with zero attached hydrogens (tertiary/aromatic N) is 3. The summed E-state index contributed by atoms with van der Waals surface area (Å²) in [6.45, 7) is 1.96. The van der Waals surface area contributed by atoms with Crippen molar-refractivity contribution in [2.24, 2.45) is 7.05 Å². The van der Waals surface area contributed by atoms with Gasteiger partial charge < -0.3 is 4.57 Å². The number of thiazole rings is 1. The van der Waals surface area contributed by atoms with Gasteiger partial charge in [0.1, 0.15) is 0 Å². The molecule has 0 aliphatic carbocycles. The minimum absolute atomic E-state index is 0.136. The average Bonchev–Trinajstić information content (AvgIpc) is 3.14. The van der Waals surface area contributed by atoms with E-state index in [4.69, 9.17) is 0 Å². The Hall–Kier alpha value is -2.12. The van der Waals surface area contributed by atoms with Crippen molar-refractivity contribution in [2.75, 3.05) is 5.32 Å². The molecule has 0 aliphatic rings. The number of benzene rings is 1. The first-order chi connectivity index (χ1) is 11.1. The summed E-state index contributed by atoms with van der Waals surface area (Å²) >= 11 is 3.11. The molecule has 0 bridgehead atoms. The zero-order valence-corrected chi connectivity index (χ0v) is 14.4. The maximum Gasteiger partial charge on any atom is 0.257 e. The van der Waals surface area contributed by atoms with Crippen LogP contribution in [0.4, 0.5) is 5.13 Å². The molecule has 1 amide bonds. The van der Waals surface area contributed by atoms with Crippen molar-refractivity contribution >= 4 is 34.1 Å². The number of carbonyl (C=O) groups excluding carboxylic acids is 1. The van der Waals surface area contributed by atoms with E-state index in [9.17, 15) is 4.79 Å². The molecule has 0 radical (unpaired) electrons. The van der Waals surface area contributed by atoms with Gasteiger partial charge in [0.05, 0.1) is 0 Å². The largest absolute Gasteiger partial charge is 0.329 e. The summed E-state index contributed by atoms with van der Waals surface area (Å²) in [5, 5.41) is 4.41. The summed E-state index contributed by atoms with van der Waals surface area (Å²) in [4.78, 5) is 21.8. The number of aryl methyl sites for hydroxylation is 2. The number of anilines is 1. The summed E-state index contributed by atoms with van der Waals surface area (Å²) < 4.78 is 1.98. The first kappa shape index (κ1) is 15.8. The molecule has 3 aromatic rings. The molecule has 0 atom stereocenters. The van der Waals surface area contributed by atoms with E-state index in [1.54, 1.807) is 24.2 Å². The second kappa shape index (κ2) is 6.97. The lowest BCUT2D eigenvalue weighted by atomic mass is 10.1. The van der Waals surface area contributed by atoms with Crippen LogP contribution in [0.25, 0.3) is 0 Å². The molecule has 0 saturated carbocycles. The Morgan fingerprint density at radius 3 is 2.96 bits per heavy atom. The van der Waals surface area contributed by atoms with Crippen LogP contribution in [-0.2, 0) is 12.8 Å². The lowest BCUT2D eigenvalue weighted by Crippen LogP contribution is -2.11. The molecule has 1 aromatic carbocycles. The minimum atomic E-state index is -0.136. The van der Waals surface area contributed by atoms with Gasteiger partial charge in [0.25, 0.3) is 5.91 Å². The molecule has 23 heavy (non-hydrogen) atoms. The van der Waals surface area contributed by atoms with Gasteiger partial charge in [0.15, 0.2) is 10.3 Å². The van der Waals surface area contributed by atoms with Gasteiger partial charge in [-0.1, -0.05) is 23.9 Å². The molecule has 7 heteroatoms. The van der Waals surface area contributed by atoms with Crippen molar-refractivity contribution in [1.29, 1.82) is 0 Å². The topological polar surface area (TPSA) is 59.8 Å². The van der Waals surface area contributed by atoms with Gasteiger partial charge in [-0.2, -0.15) is 0 Å². The lowest BCUT2D eigenvalue weighted by Gasteiger charge is -2.05. The molecule has 0 spiro atoms. The fourth-order valence-corrected chi connectivity index (χ4v) is 3.56. The van der Waals surface area contributed by atoms with Crippen LogP contribution in [0.2, 0.25) is 0 Å². The van der Waals surface area contributed by atoms with E-state index >= 15 is 0 Å². The van der Waals surface area contributed by atoms with E-state index in [0.29, 0.717) is 10.7 Å². The summed E-state index contributed by atoms with van der Waals surface area (Å²) in [6, 6.07) is 7.63. The third-order valence-corrected chi connectivity index (χ3v) is 5.13. The molecule has 118 valence electrons. The summed E-state index contributed by atoms with van der Waals surface area (Å²) in [7, 11) is 1.97. The monoisotopic (exact) mass is 344 g/mol. The first-order valence-electron chi connectivity index (χ1n) is 7.04. The maximum absolute atomic E-state index is 12.3. The first-order valence-corrected chi connectivity index (χ1v) is 8.85. The highest BCUT2D eigenvalue weighted by Gasteiger charge is 2.09. The normalized spacial score (nSPS) is 10.7. The molecule has 1 N–H and O–H groups in total. The average molecular weight is 344 g/mol. The van der Waals surface area contributed by atoms with Crippen molar-refractivity contribution < 1.29 is 4.79 Å². The van der Waals surface area contributed by atoms with E-state index in [0.717, 1.165) is 21.3 Å². The summed E-state index contributed by atoms with van der Waals surface area (Å²) in [6.07, 6.45) is 5.45. The van der Waals surface area contributed by atoms with Crippen molar-refractivity contribution in [3.05, 3.63) is 58.9 Å². The fourth-order valence-electron chi connectivity index (χ4n) is 2.02. The van der Waals surface area contributed by atoms with E-state index in [2.05, 4.69) is 15.3 Å². The van der Waals surface area contributed by atoms with Crippen LogP contribution in [0.1, 0.15) is 20.8 Å². The quantitative estimate of drug-likeness (QED) is 0.717. The van der Waals surface area contributed by atoms with Crippen LogP contribution in [0.15, 0.2) is 48.0 Å². The standard InChI is InChI=1S/C16H16N4OS2/c1-11-9-18-15(23-11)19-14(21)13-5-3-4-12(8-13)10-22-16-17-6-7-20(16)2/h3-9H,10H2,1-2H3,(H,18,19,21). The molecule has 0 saturated heterocycles. The Kier molecular flexibility index (Phi) is 4.78. The number of thioether (sulfide) groups is 1. The Labute approximate surface area is 142 Å². The number of carbonyl (C=O) groups is 1. The van der Waals surface area contributed by atoms with E-state index in [1.807, 2.05) is 49.0 Å². The predicted molar refractivity (Wildman–Crippen MR) is 94.0 cm³/mol. The number of aromatic nitrogens is 3. The third kappa shape index (κ3) is 4.00. The van der Waals surface area contributed by atoms with Crippen LogP contribution < -0.4 is 5.32 Å². The van der Waals surface area contributed by atoms with E-state index < -0.39 is 0 Å².